The highest BCUT2D eigenvalue weighted by Gasteiger charge is 2.23. The lowest BCUT2D eigenvalue weighted by atomic mass is 9.94. The van der Waals surface area contributed by atoms with Crippen LogP contribution in [-0.2, 0) is 6.54 Å². The number of amides is 1. The molecule has 1 aromatic heterocycles. The molecule has 1 unspecified atom stereocenters. The maximum atomic E-state index is 12.1. The molecule has 0 radical (unpaired) electrons. The summed E-state index contributed by atoms with van der Waals surface area (Å²) in [6.45, 7) is 8.67. The van der Waals surface area contributed by atoms with Crippen LogP contribution in [0.2, 0.25) is 5.02 Å². The number of rotatable bonds is 6. The van der Waals surface area contributed by atoms with Crippen molar-refractivity contribution in [3.05, 3.63) is 23.0 Å². The summed E-state index contributed by atoms with van der Waals surface area (Å²) in [5.74, 6) is 0.165. The van der Waals surface area contributed by atoms with Gasteiger partial charge in [-0.2, -0.15) is 0 Å². The number of nitrogens with zero attached hydrogens (tertiary/aromatic N) is 1. The summed E-state index contributed by atoms with van der Waals surface area (Å²) in [5, 5.41) is 13.5. The van der Waals surface area contributed by atoms with E-state index in [1.807, 2.05) is 20.8 Å². The molecule has 0 bridgehead atoms. The van der Waals surface area contributed by atoms with Crippen LogP contribution in [0.4, 0.5) is 0 Å². The van der Waals surface area contributed by atoms with Gasteiger partial charge in [-0.1, -0.05) is 25.4 Å². The molecule has 0 aliphatic carbocycles. The second kappa shape index (κ2) is 6.44. The lowest BCUT2D eigenvalue weighted by Gasteiger charge is -2.25. The number of nitrogens with one attached hydrogen (secondary N) is 1. The maximum absolute atomic E-state index is 12.1. The van der Waals surface area contributed by atoms with Gasteiger partial charge in [-0.15, -0.1) is 0 Å². The minimum absolute atomic E-state index is 0.210. The number of hydrogen-bond donors (Lipinski definition) is 2. The number of aryl methyl sites for hydroxylation is 1. The van der Waals surface area contributed by atoms with Crippen molar-refractivity contribution in [2.75, 3.05) is 6.54 Å². The van der Waals surface area contributed by atoms with Crippen molar-refractivity contribution in [3.63, 3.8) is 0 Å². The van der Waals surface area contributed by atoms with Gasteiger partial charge in [0.2, 0.25) is 0 Å². The van der Waals surface area contributed by atoms with Gasteiger partial charge in [-0.3, -0.25) is 4.79 Å². The van der Waals surface area contributed by atoms with Crippen LogP contribution in [0.15, 0.2) is 12.3 Å². The smallest absolute Gasteiger partial charge is 0.268 e. The third-order valence-corrected chi connectivity index (χ3v) is 3.12. The molecule has 1 atom stereocenters. The number of aliphatic hydroxyl groups is 1. The molecule has 0 fully saturated rings. The van der Waals surface area contributed by atoms with Crippen LogP contribution in [0, 0.1) is 5.92 Å². The van der Waals surface area contributed by atoms with Crippen LogP contribution in [-0.4, -0.2) is 27.7 Å². The summed E-state index contributed by atoms with van der Waals surface area (Å²) in [6, 6.07) is 1.64. The monoisotopic (exact) mass is 286 g/mol. The molecule has 1 aromatic rings. The Morgan fingerprint density at radius 2 is 2.21 bits per heavy atom. The lowest BCUT2D eigenvalue weighted by molar-refractivity contribution is 0.0367. The van der Waals surface area contributed by atoms with Crippen LogP contribution in [0.5, 0.6) is 0 Å². The molecule has 1 heterocycles. The van der Waals surface area contributed by atoms with E-state index in [4.69, 9.17) is 11.6 Å². The summed E-state index contributed by atoms with van der Waals surface area (Å²) >= 11 is 5.90. The SMILES string of the molecule is CCn1cc(Cl)cc1C(=O)NCC(C)(O)CC(C)C. The van der Waals surface area contributed by atoms with E-state index < -0.39 is 5.60 Å². The number of halogens is 1. The Labute approximate surface area is 119 Å². The van der Waals surface area contributed by atoms with Crippen LogP contribution < -0.4 is 5.32 Å². The zero-order chi connectivity index (χ0) is 14.6. The molecule has 0 aliphatic heterocycles. The van der Waals surface area contributed by atoms with Crippen molar-refractivity contribution in [1.82, 2.24) is 9.88 Å². The molecular formula is C14H23ClN2O2. The minimum atomic E-state index is -0.892. The van der Waals surface area contributed by atoms with Gasteiger partial charge >= 0.3 is 0 Å². The Balaban J connectivity index is 2.65. The minimum Gasteiger partial charge on any atom is -0.388 e. The van der Waals surface area contributed by atoms with Gasteiger partial charge in [-0.25, -0.2) is 0 Å². The van der Waals surface area contributed by atoms with Gasteiger partial charge in [0, 0.05) is 19.3 Å². The van der Waals surface area contributed by atoms with Gasteiger partial charge in [0.05, 0.1) is 10.6 Å². The molecule has 1 rings (SSSR count). The van der Waals surface area contributed by atoms with Crippen molar-refractivity contribution < 1.29 is 9.90 Å². The zero-order valence-corrected chi connectivity index (χ0v) is 12.8. The Bertz CT molecular complexity index is 439. The number of hydrogen-bond acceptors (Lipinski definition) is 2. The number of aromatic nitrogens is 1. The largest absolute Gasteiger partial charge is 0.388 e. The normalized spacial score (nSPS) is 14.5. The van der Waals surface area contributed by atoms with E-state index in [2.05, 4.69) is 5.32 Å². The van der Waals surface area contributed by atoms with Gasteiger partial charge in [0.1, 0.15) is 5.69 Å². The first-order valence-corrected chi connectivity index (χ1v) is 6.99. The van der Waals surface area contributed by atoms with Crippen molar-refractivity contribution in [2.24, 2.45) is 5.92 Å². The highest BCUT2D eigenvalue weighted by molar-refractivity contribution is 6.31. The van der Waals surface area contributed by atoms with Crippen molar-refractivity contribution in [1.29, 1.82) is 0 Å². The Morgan fingerprint density at radius 3 is 2.74 bits per heavy atom. The van der Waals surface area contributed by atoms with Crippen molar-refractivity contribution in [2.45, 2.75) is 46.3 Å². The second-order valence-corrected chi connectivity index (χ2v) is 6.04. The van der Waals surface area contributed by atoms with Crippen LogP contribution in [0.25, 0.3) is 0 Å². The topological polar surface area (TPSA) is 54.3 Å². The first-order valence-electron chi connectivity index (χ1n) is 6.61. The summed E-state index contributed by atoms with van der Waals surface area (Å²) in [7, 11) is 0. The van der Waals surface area contributed by atoms with Crippen molar-refractivity contribution >= 4 is 17.5 Å². The first-order chi connectivity index (χ1) is 8.75. The summed E-state index contributed by atoms with van der Waals surface area (Å²) in [5.41, 5.74) is -0.370. The van der Waals surface area contributed by atoms with E-state index in [1.54, 1.807) is 23.8 Å². The molecule has 108 valence electrons. The predicted molar refractivity (Wildman–Crippen MR) is 77.5 cm³/mol. The number of carbonyl (C=O) groups is 1. The Morgan fingerprint density at radius 1 is 1.58 bits per heavy atom. The average Bonchev–Trinajstić information content (AvgIpc) is 2.66. The molecule has 0 saturated carbocycles. The molecule has 0 aliphatic rings. The zero-order valence-electron chi connectivity index (χ0n) is 12.0. The summed E-state index contributed by atoms with van der Waals surface area (Å²) in [4.78, 5) is 12.1. The van der Waals surface area contributed by atoms with E-state index >= 15 is 0 Å². The standard InChI is InChI=1S/C14H23ClN2O2/c1-5-17-8-11(15)6-12(17)13(18)16-9-14(4,19)7-10(2)3/h6,8,10,19H,5,7,9H2,1-4H3,(H,16,18). The van der Waals surface area contributed by atoms with E-state index in [-0.39, 0.29) is 12.5 Å². The maximum Gasteiger partial charge on any atom is 0.268 e. The van der Waals surface area contributed by atoms with E-state index in [0.29, 0.717) is 29.6 Å². The van der Waals surface area contributed by atoms with Crippen LogP contribution in [0.1, 0.15) is 44.6 Å². The third kappa shape index (κ3) is 4.88. The lowest BCUT2D eigenvalue weighted by Crippen LogP contribution is -2.41. The van der Waals surface area contributed by atoms with Crippen LogP contribution in [0.3, 0.4) is 0 Å². The van der Waals surface area contributed by atoms with Gasteiger partial charge in [0.15, 0.2) is 0 Å². The molecule has 19 heavy (non-hydrogen) atoms. The fraction of sp³-hybridized carbons (Fsp3) is 0.643. The molecular weight excluding hydrogens is 264 g/mol. The quantitative estimate of drug-likeness (QED) is 0.845. The number of carbonyl (C=O) groups excluding carboxylic acids is 1. The summed E-state index contributed by atoms with van der Waals surface area (Å²) in [6.07, 6.45) is 2.37. The Kier molecular flexibility index (Phi) is 5.44. The van der Waals surface area contributed by atoms with Gasteiger partial charge in [0.25, 0.3) is 5.91 Å². The highest BCUT2D eigenvalue weighted by Crippen LogP contribution is 2.17. The molecule has 0 saturated heterocycles. The molecule has 1 amide bonds. The Hall–Kier alpha value is -1.00. The second-order valence-electron chi connectivity index (χ2n) is 5.61. The van der Waals surface area contributed by atoms with Gasteiger partial charge < -0.3 is 15.0 Å². The first kappa shape index (κ1) is 16.1. The molecule has 0 spiro atoms. The molecule has 5 heteroatoms. The molecule has 2 N–H and O–H groups in total. The van der Waals surface area contributed by atoms with E-state index in [9.17, 15) is 9.90 Å². The van der Waals surface area contributed by atoms with E-state index in [0.717, 1.165) is 0 Å². The molecule has 4 nitrogen and oxygen atoms in total. The van der Waals surface area contributed by atoms with Crippen molar-refractivity contribution in [3.8, 4) is 0 Å². The predicted octanol–water partition coefficient (Wildman–Crippen LogP) is 2.69. The van der Waals surface area contributed by atoms with E-state index in [1.165, 1.54) is 0 Å². The molecule has 0 aromatic carbocycles. The van der Waals surface area contributed by atoms with Gasteiger partial charge in [-0.05, 0) is 32.3 Å². The fourth-order valence-corrected chi connectivity index (χ4v) is 2.46. The fourth-order valence-electron chi connectivity index (χ4n) is 2.24. The highest BCUT2D eigenvalue weighted by atomic mass is 35.5. The average molecular weight is 287 g/mol. The van der Waals surface area contributed by atoms with Crippen LogP contribution >= 0.6 is 11.6 Å². The summed E-state index contributed by atoms with van der Waals surface area (Å²) < 4.78 is 1.79. The third-order valence-electron chi connectivity index (χ3n) is 2.91.